The Morgan fingerprint density at radius 3 is 2.56 bits per heavy atom. The van der Waals surface area contributed by atoms with E-state index < -0.39 is 6.10 Å². The molecular formula is C25H34AcO5S. The Bertz CT molecular complexity index is 816. The smallest absolute Gasteiger partial charge is 0.337 e. The van der Waals surface area contributed by atoms with Crippen molar-refractivity contribution in [1.82, 2.24) is 0 Å². The molecule has 5 nitrogen and oxygen atoms in total. The molecule has 2 unspecified atom stereocenters. The summed E-state index contributed by atoms with van der Waals surface area (Å²) < 4.78 is 4.72. The van der Waals surface area contributed by atoms with Gasteiger partial charge in [0.05, 0.1) is 24.9 Å². The third kappa shape index (κ3) is 6.63. The van der Waals surface area contributed by atoms with Crippen LogP contribution in [0.25, 0.3) is 0 Å². The van der Waals surface area contributed by atoms with Crippen LogP contribution < -0.4 is 0 Å². The molecule has 3 N–H and O–H groups in total. The summed E-state index contributed by atoms with van der Waals surface area (Å²) in [5.74, 6) is 0.240. The third-order valence-corrected chi connectivity index (χ3v) is 7.98. The average molecular weight is 674 g/mol. The van der Waals surface area contributed by atoms with Crippen molar-refractivity contribution in [1.29, 1.82) is 0 Å². The Labute approximate surface area is 231 Å². The van der Waals surface area contributed by atoms with Crippen LogP contribution in [0.2, 0.25) is 0 Å². The fourth-order valence-electron chi connectivity index (χ4n) is 4.69. The maximum atomic E-state index is 11.6. The molecule has 1 aromatic rings. The van der Waals surface area contributed by atoms with Gasteiger partial charge >= 0.3 is 5.97 Å². The van der Waals surface area contributed by atoms with E-state index in [-0.39, 0.29) is 79.6 Å². The van der Waals surface area contributed by atoms with E-state index in [0.29, 0.717) is 17.7 Å². The molecule has 32 heavy (non-hydrogen) atoms. The average Bonchev–Trinajstić information content (AvgIpc) is 3.01. The first-order chi connectivity index (χ1) is 14.9. The Hall–Kier alpha value is -0.318. The van der Waals surface area contributed by atoms with Crippen LogP contribution in [0.1, 0.15) is 67.8 Å². The molecule has 0 heterocycles. The van der Waals surface area contributed by atoms with Gasteiger partial charge in [0.15, 0.2) is 0 Å². The van der Waals surface area contributed by atoms with Gasteiger partial charge in [0.1, 0.15) is 5.76 Å². The maximum absolute atomic E-state index is 11.6. The molecule has 0 aliphatic heterocycles. The number of hydrogen-bond donors (Lipinski definition) is 3. The van der Waals surface area contributed by atoms with E-state index in [1.165, 1.54) is 25.3 Å². The molecule has 3 atom stereocenters. The molecule has 2 aliphatic carbocycles. The quantitative estimate of drug-likeness (QED) is 0.236. The minimum atomic E-state index is -0.647. The van der Waals surface area contributed by atoms with E-state index in [2.05, 4.69) is 6.92 Å². The van der Waals surface area contributed by atoms with Crippen molar-refractivity contribution < 1.29 is 68.9 Å². The van der Waals surface area contributed by atoms with Crippen molar-refractivity contribution in [2.24, 2.45) is 11.3 Å². The van der Waals surface area contributed by atoms with Crippen LogP contribution in [-0.2, 0) is 10.5 Å². The number of aliphatic hydroxyl groups excluding tert-OH is 3. The molecule has 1 radical (unpaired) electrons. The van der Waals surface area contributed by atoms with Gasteiger partial charge in [0, 0.05) is 67.1 Å². The summed E-state index contributed by atoms with van der Waals surface area (Å²) in [5.41, 5.74) is 1.59. The fourth-order valence-corrected chi connectivity index (χ4v) is 5.88. The van der Waals surface area contributed by atoms with Crippen LogP contribution in [0.5, 0.6) is 0 Å². The molecular weight excluding hydrogens is 639 g/mol. The number of carbonyl (C=O) groups is 1. The van der Waals surface area contributed by atoms with Crippen LogP contribution in [0, 0.1) is 55.4 Å². The molecule has 1 saturated carbocycles. The van der Waals surface area contributed by atoms with E-state index in [1.54, 1.807) is 12.1 Å². The van der Waals surface area contributed by atoms with Gasteiger partial charge in [0.25, 0.3) is 0 Å². The van der Waals surface area contributed by atoms with Crippen molar-refractivity contribution in [2.45, 2.75) is 69.8 Å². The van der Waals surface area contributed by atoms with Crippen LogP contribution in [0.3, 0.4) is 0 Å². The monoisotopic (exact) mass is 673 g/mol. The first kappa shape index (κ1) is 27.9. The predicted molar refractivity (Wildman–Crippen MR) is 124 cm³/mol. The van der Waals surface area contributed by atoms with Gasteiger partial charge in [-0.3, -0.25) is 0 Å². The van der Waals surface area contributed by atoms with Gasteiger partial charge in [-0.25, -0.2) is 4.79 Å². The third-order valence-electron chi connectivity index (χ3n) is 6.68. The number of carbonyl (C=O) groups excluding carboxylic acids is 1. The Balaban J connectivity index is 0.00000363. The number of benzene rings is 1. The maximum Gasteiger partial charge on any atom is 0.337 e. The zero-order chi connectivity index (χ0) is 22.4. The van der Waals surface area contributed by atoms with Gasteiger partial charge < -0.3 is 20.1 Å². The van der Waals surface area contributed by atoms with Crippen LogP contribution in [0.15, 0.2) is 47.1 Å². The zero-order valence-electron chi connectivity index (χ0n) is 19.0. The number of thioether (sulfide) groups is 1. The molecule has 0 bridgehead atoms. The minimum Gasteiger partial charge on any atom is -0.511 e. The summed E-state index contributed by atoms with van der Waals surface area (Å²) in [6.07, 6.45) is 9.28. The second-order valence-corrected chi connectivity index (χ2v) is 9.75. The van der Waals surface area contributed by atoms with Crippen molar-refractivity contribution in [3.8, 4) is 0 Å². The first-order valence-electron chi connectivity index (χ1n) is 11.1. The van der Waals surface area contributed by atoms with E-state index in [9.17, 15) is 20.1 Å². The molecule has 0 aromatic heterocycles. The van der Waals surface area contributed by atoms with Gasteiger partial charge in [-0.1, -0.05) is 44.1 Å². The van der Waals surface area contributed by atoms with Crippen LogP contribution in [0.4, 0.5) is 0 Å². The number of rotatable bonds is 10. The number of methoxy groups -OCH3 is 1. The molecule has 0 amide bonds. The summed E-state index contributed by atoms with van der Waals surface area (Å²) in [5, 5.41) is 31.5. The molecule has 173 valence electrons. The molecule has 0 spiro atoms. The van der Waals surface area contributed by atoms with E-state index in [4.69, 9.17) is 4.74 Å². The van der Waals surface area contributed by atoms with Gasteiger partial charge in [-0.15, -0.1) is 11.8 Å². The molecule has 0 saturated heterocycles. The first-order valence-corrected chi connectivity index (χ1v) is 12.1. The number of ether oxygens (including phenoxy) is 1. The van der Waals surface area contributed by atoms with Crippen LogP contribution >= 0.6 is 11.8 Å². The molecule has 3 rings (SSSR count). The SMILES string of the molecule is CCCC1(C(O)C/C=C/[C@@H]2C(SCc3ccc(C(=O)OC)cc3)=C(O)CC2O)CCC1.[Ac]. The summed E-state index contributed by atoms with van der Waals surface area (Å²) >= 11 is 1.50. The normalized spacial score (nSPS) is 23.0. The number of hydrogen-bond acceptors (Lipinski definition) is 6. The molecule has 1 aromatic carbocycles. The summed E-state index contributed by atoms with van der Waals surface area (Å²) in [6.45, 7) is 2.16. The number of aliphatic hydroxyl groups is 3. The van der Waals surface area contributed by atoms with Crippen molar-refractivity contribution in [3.05, 3.63) is 58.2 Å². The topological polar surface area (TPSA) is 87.0 Å². The summed E-state index contributed by atoms with van der Waals surface area (Å²) in [6, 6.07) is 7.19. The number of esters is 1. The van der Waals surface area contributed by atoms with E-state index in [0.717, 1.165) is 36.2 Å². The Morgan fingerprint density at radius 1 is 1.31 bits per heavy atom. The van der Waals surface area contributed by atoms with Crippen molar-refractivity contribution >= 4 is 17.7 Å². The zero-order valence-corrected chi connectivity index (χ0v) is 24.6. The largest absolute Gasteiger partial charge is 0.511 e. The van der Waals surface area contributed by atoms with Crippen molar-refractivity contribution in [2.75, 3.05) is 7.11 Å². The summed E-state index contributed by atoms with van der Waals surface area (Å²) in [4.78, 5) is 12.3. The van der Waals surface area contributed by atoms with E-state index >= 15 is 0 Å². The Kier molecular flexibility index (Phi) is 11.3. The molecule has 1 fully saturated rings. The van der Waals surface area contributed by atoms with Crippen LogP contribution in [-0.4, -0.2) is 40.6 Å². The fraction of sp³-hybridized carbons (Fsp3) is 0.560. The van der Waals surface area contributed by atoms with Gasteiger partial charge in [-0.2, -0.15) is 0 Å². The standard InChI is InChI=1S/C25H34O5S.Ac/c1-3-12-25(13-5-14-25)22(28)7-4-6-19-20(26)15-21(27)23(19)31-16-17-8-10-18(11-9-17)24(29)30-2;/h4,6,8-11,19-20,22,26-28H,3,5,7,12-16H2,1-2H3;/b6-4+;/t19-,20?,22?;/m0./s1. The molecule has 2 aliphatic rings. The van der Waals surface area contributed by atoms with Crippen molar-refractivity contribution in [3.63, 3.8) is 0 Å². The second-order valence-electron chi connectivity index (χ2n) is 8.73. The second kappa shape index (κ2) is 13.0. The minimum absolute atomic E-state index is 0. The summed E-state index contributed by atoms with van der Waals surface area (Å²) in [7, 11) is 1.36. The predicted octanol–water partition coefficient (Wildman–Crippen LogP) is 5.13. The van der Waals surface area contributed by atoms with Gasteiger partial charge in [0.2, 0.25) is 0 Å². The van der Waals surface area contributed by atoms with Gasteiger partial charge in [-0.05, 0) is 48.8 Å². The Morgan fingerprint density at radius 2 is 2.00 bits per heavy atom. The van der Waals surface area contributed by atoms with E-state index in [1.807, 2.05) is 24.3 Å². The molecule has 7 heteroatoms.